The van der Waals surface area contributed by atoms with E-state index in [0.717, 1.165) is 19.0 Å². The Kier molecular flexibility index (Phi) is 5.23. The third-order valence-corrected chi connectivity index (χ3v) is 5.99. The van der Waals surface area contributed by atoms with Crippen LogP contribution in [0.3, 0.4) is 0 Å². The first-order valence-electron chi connectivity index (χ1n) is 7.81. The number of likely N-dealkylation sites (tertiary alicyclic amines) is 1. The number of hydrogen-bond donors (Lipinski definition) is 0. The Hall–Kier alpha value is -0.820. The van der Waals surface area contributed by atoms with Crippen LogP contribution in [0.15, 0.2) is 10.9 Å². The first-order chi connectivity index (χ1) is 10.6. The minimum Gasteiger partial charge on any atom is -0.301 e. The molecule has 2 aromatic rings. The van der Waals surface area contributed by atoms with Crippen molar-refractivity contribution in [3.63, 3.8) is 0 Å². The molecule has 0 saturated carbocycles. The first kappa shape index (κ1) is 16.1. The van der Waals surface area contributed by atoms with Crippen LogP contribution in [0.4, 0.5) is 0 Å². The van der Waals surface area contributed by atoms with Crippen molar-refractivity contribution in [2.75, 3.05) is 26.7 Å². The summed E-state index contributed by atoms with van der Waals surface area (Å²) in [4.78, 5) is 15.3. The van der Waals surface area contributed by atoms with Crippen molar-refractivity contribution in [1.82, 2.24) is 19.8 Å². The second-order valence-electron chi connectivity index (χ2n) is 6.31. The van der Waals surface area contributed by atoms with Gasteiger partial charge in [0.2, 0.25) is 0 Å². The lowest BCUT2D eigenvalue weighted by molar-refractivity contribution is 0.255. The van der Waals surface area contributed by atoms with E-state index in [2.05, 4.69) is 46.0 Å². The maximum absolute atomic E-state index is 4.58. The SMILES string of the molecule is Cc1nc(CN2CC[C@@H](CN(C)Cc3scnc3C)C2)cs1. The highest BCUT2D eigenvalue weighted by Crippen LogP contribution is 2.21. The van der Waals surface area contributed by atoms with Gasteiger partial charge in [-0.25, -0.2) is 9.97 Å². The van der Waals surface area contributed by atoms with Gasteiger partial charge in [0.05, 0.1) is 21.9 Å². The number of aromatic nitrogens is 2. The zero-order chi connectivity index (χ0) is 15.5. The van der Waals surface area contributed by atoms with Gasteiger partial charge in [0.15, 0.2) is 0 Å². The van der Waals surface area contributed by atoms with E-state index in [1.165, 1.54) is 47.3 Å². The lowest BCUT2D eigenvalue weighted by Gasteiger charge is -2.21. The van der Waals surface area contributed by atoms with E-state index in [-0.39, 0.29) is 0 Å². The summed E-state index contributed by atoms with van der Waals surface area (Å²) in [6, 6.07) is 0. The van der Waals surface area contributed by atoms with Crippen molar-refractivity contribution < 1.29 is 0 Å². The van der Waals surface area contributed by atoms with Gasteiger partial charge in [-0.05, 0) is 39.8 Å². The molecule has 0 amide bonds. The summed E-state index contributed by atoms with van der Waals surface area (Å²) in [5, 5.41) is 3.37. The minimum atomic E-state index is 0.776. The van der Waals surface area contributed by atoms with E-state index in [1.54, 1.807) is 22.7 Å². The highest BCUT2D eigenvalue weighted by Gasteiger charge is 2.24. The molecule has 1 saturated heterocycles. The normalized spacial score (nSPS) is 19.4. The van der Waals surface area contributed by atoms with Gasteiger partial charge in [-0.3, -0.25) is 4.90 Å². The zero-order valence-electron chi connectivity index (χ0n) is 13.6. The molecule has 3 rings (SSSR count). The Balaban J connectivity index is 1.45. The fourth-order valence-corrected chi connectivity index (χ4v) is 4.60. The topological polar surface area (TPSA) is 32.3 Å². The molecule has 0 spiro atoms. The Morgan fingerprint density at radius 1 is 1.36 bits per heavy atom. The Bertz CT molecular complexity index is 607. The summed E-state index contributed by atoms with van der Waals surface area (Å²) in [7, 11) is 2.23. The number of thiazole rings is 2. The molecule has 0 N–H and O–H groups in total. The summed E-state index contributed by atoms with van der Waals surface area (Å²) < 4.78 is 0. The summed E-state index contributed by atoms with van der Waals surface area (Å²) in [6.45, 7) is 9.79. The molecule has 6 heteroatoms. The molecule has 120 valence electrons. The smallest absolute Gasteiger partial charge is 0.0897 e. The average Bonchev–Trinajstić information content (AvgIpc) is 3.16. The third-order valence-electron chi connectivity index (χ3n) is 4.25. The van der Waals surface area contributed by atoms with Gasteiger partial charge in [-0.15, -0.1) is 22.7 Å². The largest absolute Gasteiger partial charge is 0.301 e. The van der Waals surface area contributed by atoms with Crippen LogP contribution in [0.25, 0.3) is 0 Å². The summed E-state index contributed by atoms with van der Waals surface area (Å²) >= 11 is 3.52. The Morgan fingerprint density at radius 2 is 2.23 bits per heavy atom. The molecule has 0 unspecified atom stereocenters. The number of nitrogens with zero attached hydrogens (tertiary/aromatic N) is 4. The molecule has 3 heterocycles. The number of aryl methyl sites for hydroxylation is 2. The maximum atomic E-state index is 4.58. The van der Waals surface area contributed by atoms with E-state index < -0.39 is 0 Å². The lowest BCUT2D eigenvalue weighted by Crippen LogP contribution is -2.28. The van der Waals surface area contributed by atoms with E-state index >= 15 is 0 Å². The fraction of sp³-hybridized carbons (Fsp3) is 0.625. The molecule has 4 nitrogen and oxygen atoms in total. The molecule has 1 aliphatic heterocycles. The number of rotatable bonds is 6. The highest BCUT2D eigenvalue weighted by atomic mass is 32.1. The molecule has 22 heavy (non-hydrogen) atoms. The van der Waals surface area contributed by atoms with Crippen LogP contribution in [0.5, 0.6) is 0 Å². The number of hydrogen-bond acceptors (Lipinski definition) is 6. The van der Waals surface area contributed by atoms with Crippen LogP contribution in [0, 0.1) is 19.8 Å². The van der Waals surface area contributed by atoms with Crippen LogP contribution in [-0.4, -0.2) is 46.4 Å². The minimum absolute atomic E-state index is 0.776. The van der Waals surface area contributed by atoms with Crippen molar-refractivity contribution in [2.24, 2.45) is 5.92 Å². The molecule has 0 radical (unpaired) electrons. The van der Waals surface area contributed by atoms with Crippen molar-refractivity contribution in [1.29, 1.82) is 0 Å². The Morgan fingerprint density at radius 3 is 2.91 bits per heavy atom. The Labute approximate surface area is 140 Å². The molecule has 1 aliphatic rings. The standard InChI is InChI=1S/C16H24N4S2/c1-12-16(22-11-17-12)9-19(3)6-14-4-5-20(7-14)8-15-10-21-13(2)18-15/h10-11,14H,4-9H2,1-3H3/t14-/m0/s1. The maximum Gasteiger partial charge on any atom is 0.0897 e. The average molecular weight is 337 g/mol. The van der Waals surface area contributed by atoms with E-state index in [0.29, 0.717) is 0 Å². The van der Waals surface area contributed by atoms with Gasteiger partial charge < -0.3 is 4.90 Å². The highest BCUT2D eigenvalue weighted by molar-refractivity contribution is 7.09. The van der Waals surface area contributed by atoms with Crippen molar-refractivity contribution in [2.45, 2.75) is 33.4 Å². The van der Waals surface area contributed by atoms with Gasteiger partial charge in [-0.1, -0.05) is 0 Å². The predicted molar refractivity (Wildman–Crippen MR) is 93.4 cm³/mol. The van der Waals surface area contributed by atoms with Crippen LogP contribution >= 0.6 is 22.7 Å². The van der Waals surface area contributed by atoms with Crippen molar-refractivity contribution in [3.8, 4) is 0 Å². The molecule has 1 atom stereocenters. The van der Waals surface area contributed by atoms with Gasteiger partial charge in [0.1, 0.15) is 0 Å². The first-order valence-corrected chi connectivity index (χ1v) is 9.57. The fourth-order valence-electron chi connectivity index (χ4n) is 3.14. The third kappa shape index (κ3) is 4.13. The molecular formula is C16H24N4S2. The van der Waals surface area contributed by atoms with Crippen LogP contribution in [0.2, 0.25) is 0 Å². The quantitative estimate of drug-likeness (QED) is 0.811. The van der Waals surface area contributed by atoms with Crippen LogP contribution in [0.1, 0.15) is 27.7 Å². The second-order valence-corrected chi connectivity index (χ2v) is 8.31. The molecular weight excluding hydrogens is 312 g/mol. The summed E-state index contributed by atoms with van der Waals surface area (Å²) in [6.07, 6.45) is 1.30. The molecule has 0 bridgehead atoms. The molecule has 0 aromatic carbocycles. The van der Waals surface area contributed by atoms with Crippen molar-refractivity contribution >= 4 is 22.7 Å². The summed E-state index contributed by atoms with van der Waals surface area (Å²) in [5.41, 5.74) is 4.37. The monoisotopic (exact) mass is 336 g/mol. The zero-order valence-corrected chi connectivity index (χ0v) is 15.2. The van der Waals surface area contributed by atoms with Crippen molar-refractivity contribution in [3.05, 3.63) is 32.2 Å². The van der Waals surface area contributed by atoms with E-state index in [1.807, 2.05) is 5.51 Å². The van der Waals surface area contributed by atoms with Gasteiger partial charge in [0.25, 0.3) is 0 Å². The van der Waals surface area contributed by atoms with Crippen LogP contribution < -0.4 is 0 Å². The van der Waals surface area contributed by atoms with Gasteiger partial charge >= 0.3 is 0 Å². The van der Waals surface area contributed by atoms with Gasteiger partial charge in [-0.2, -0.15) is 0 Å². The van der Waals surface area contributed by atoms with Crippen LogP contribution in [-0.2, 0) is 13.1 Å². The van der Waals surface area contributed by atoms with E-state index in [9.17, 15) is 0 Å². The van der Waals surface area contributed by atoms with Gasteiger partial charge in [0, 0.05) is 36.4 Å². The summed E-state index contributed by atoms with van der Waals surface area (Å²) in [5.74, 6) is 0.776. The molecule has 0 aliphatic carbocycles. The molecule has 2 aromatic heterocycles. The predicted octanol–water partition coefficient (Wildman–Crippen LogP) is 3.17. The lowest BCUT2D eigenvalue weighted by atomic mass is 10.1. The molecule has 1 fully saturated rings. The second kappa shape index (κ2) is 7.17. The van der Waals surface area contributed by atoms with E-state index in [4.69, 9.17) is 0 Å².